The van der Waals surface area contributed by atoms with Crippen LogP contribution in [0.4, 0.5) is 4.39 Å². The zero-order valence-electron chi connectivity index (χ0n) is 22.3. The summed E-state index contributed by atoms with van der Waals surface area (Å²) in [5.41, 5.74) is 6.14. The van der Waals surface area contributed by atoms with E-state index in [1.807, 2.05) is 60.7 Å². The Bertz CT molecular complexity index is 1870. The molecule has 0 amide bonds. The minimum Gasteiger partial charge on any atom is -0.352 e. The third kappa shape index (κ3) is 7.70. The quantitative estimate of drug-likeness (QED) is 0.104. The van der Waals surface area contributed by atoms with E-state index in [9.17, 15) is 4.39 Å². The fourth-order valence-corrected chi connectivity index (χ4v) is 4.27. The van der Waals surface area contributed by atoms with Gasteiger partial charge in [0.1, 0.15) is 0 Å². The Morgan fingerprint density at radius 2 is 1.36 bits per heavy atom. The molecule has 7 aromatic rings. The minimum atomic E-state index is -0.278. The van der Waals surface area contributed by atoms with E-state index >= 15 is 0 Å². The molecule has 0 bridgehead atoms. The summed E-state index contributed by atoms with van der Waals surface area (Å²) < 4.78 is 12.6. The fraction of sp³-hybridized carbons (Fsp3) is 0. The van der Waals surface area contributed by atoms with Gasteiger partial charge in [-0.05, 0) is 40.3 Å². The molecule has 4 aromatic carbocycles. The van der Waals surface area contributed by atoms with Crippen molar-refractivity contribution in [2.45, 2.75) is 0 Å². The molecule has 0 saturated carbocycles. The topological polar surface area (TPSA) is 38.7 Å². The first kappa shape index (κ1) is 33.1. The number of hydrogen-bond acceptors (Lipinski definition) is 3. The van der Waals surface area contributed by atoms with Gasteiger partial charge in [0.2, 0.25) is 0 Å². The van der Waals surface area contributed by atoms with Crippen molar-refractivity contribution in [3.63, 3.8) is 0 Å². The Morgan fingerprint density at radius 3 is 2.07 bits per heavy atom. The average Bonchev–Trinajstić information content (AvgIpc) is 3.02. The van der Waals surface area contributed by atoms with Crippen LogP contribution in [0.15, 0.2) is 122 Å². The summed E-state index contributed by atoms with van der Waals surface area (Å²) in [6.07, 6.45) is 6.66. The summed E-state index contributed by atoms with van der Waals surface area (Å²) in [4.78, 5) is 13.1. The van der Waals surface area contributed by atoms with Crippen molar-refractivity contribution in [2.24, 2.45) is 0 Å². The molecule has 3 aromatic heterocycles. The molecule has 3 nitrogen and oxygen atoms in total. The molecule has 5 radical (unpaired) electrons. The van der Waals surface area contributed by atoms with Crippen molar-refractivity contribution in [2.75, 3.05) is 0 Å². The van der Waals surface area contributed by atoms with Gasteiger partial charge in [-0.1, -0.05) is 65.7 Å². The number of aromatic nitrogens is 3. The van der Waals surface area contributed by atoms with Gasteiger partial charge in [-0.2, -0.15) is 5.56 Å². The molecule has 7 rings (SSSR count). The van der Waals surface area contributed by atoms with E-state index in [-0.39, 0.29) is 67.0 Å². The van der Waals surface area contributed by atoms with E-state index in [2.05, 4.69) is 69.7 Å². The SMILES string of the molecule is Fc1c[c-]c(-c2ccccn2)cc1.[B].[Ir].[Y].[c-]1ccc(-c2[c-]nc3c(ccc4ccccc43)c2)[c-]c1-c1ccccn1. The molecule has 3 heterocycles. The van der Waals surface area contributed by atoms with Crippen LogP contribution in [0.3, 0.4) is 0 Å². The maximum Gasteiger partial charge on any atom is 0.0379 e. The van der Waals surface area contributed by atoms with Crippen LogP contribution in [0, 0.1) is 30.2 Å². The van der Waals surface area contributed by atoms with Gasteiger partial charge in [0, 0.05) is 79.4 Å². The maximum atomic E-state index is 12.6. The molecule has 0 saturated heterocycles. The van der Waals surface area contributed by atoms with Gasteiger partial charge in [0.25, 0.3) is 0 Å². The minimum absolute atomic E-state index is 0. The van der Waals surface area contributed by atoms with Crippen LogP contribution in [0.25, 0.3) is 55.3 Å². The maximum absolute atomic E-state index is 12.6. The average molecular weight is 793 g/mol. The molecule has 0 N–H and O–H groups in total. The Morgan fingerprint density at radius 1 is 0.643 bits per heavy atom. The van der Waals surface area contributed by atoms with Crippen LogP contribution in [0.1, 0.15) is 0 Å². The second kappa shape index (κ2) is 15.7. The number of fused-ring (bicyclic) bond motifs is 3. The first-order valence-corrected chi connectivity index (χ1v) is 12.4. The molecular formula is C35H20BFIrN3Y-4. The third-order valence-corrected chi connectivity index (χ3v) is 6.18. The molecule has 0 aliphatic heterocycles. The third-order valence-electron chi connectivity index (χ3n) is 6.18. The van der Waals surface area contributed by atoms with Gasteiger partial charge in [-0.25, -0.2) is 6.07 Å². The Labute approximate surface area is 285 Å². The predicted octanol–water partition coefficient (Wildman–Crippen LogP) is 7.82. The zero-order chi connectivity index (χ0) is 26.4. The van der Waals surface area contributed by atoms with Crippen molar-refractivity contribution in [3.8, 4) is 33.6 Å². The van der Waals surface area contributed by atoms with Crippen molar-refractivity contribution in [1.29, 1.82) is 0 Å². The molecular weight excluding hydrogens is 773 g/mol. The van der Waals surface area contributed by atoms with Crippen LogP contribution in [0.2, 0.25) is 0 Å². The zero-order valence-corrected chi connectivity index (χ0v) is 27.5. The smallest absolute Gasteiger partial charge is 0.0379 e. The summed E-state index contributed by atoms with van der Waals surface area (Å²) in [5, 5.41) is 3.43. The number of benzene rings is 4. The molecule has 0 fully saturated rings. The number of rotatable bonds is 3. The first-order chi connectivity index (χ1) is 19.2. The van der Waals surface area contributed by atoms with Crippen LogP contribution in [-0.2, 0) is 52.8 Å². The molecule has 0 spiro atoms. The molecule has 0 unspecified atom stereocenters. The Balaban J connectivity index is 0.000000259. The monoisotopic (exact) mass is 794 g/mol. The van der Waals surface area contributed by atoms with E-state index in [0.29, 0.717) is 0 Å². The summed E-state index contributed by atoms with van der Waals surface area (Å²) >= 11 is 0. The molecule has 0 atom stereocenters. The standard InChI is InChI=1S/C24H13N2.C11H7FN.B.Ir.Y/c1-2-9-22-17(6-1)11-12-20-15-21(16-26-24(20)22)18-7-5-8-19(14-18)23-10-3-4-13-25-23;12-10-6-4-9(5-7-10)11-3-1-2-8-13-11;;;/h1-7,9-13,15H;1-4,6-8H;;;/q-3;-1;;;. The van der Waals surface area contributed by atoms with Crippen molar-refractivity contribution in [1.82, 2.24) is 15.0 Å². The number of halogens is 1. The molecule has 0 aliphatic carbocycles. The first-order valence-electron chi connectivity index (χ1n) is 12.4. The Hall–Kier alpha value is -3.40. The van der Waals surface area contributed by atoms with E-state index in [1.54, 1.807) is 18.5 Å². The van der Waals surface area contributed by atoms with Gasteiger partial charge in [-0.15, -0.1) is 42.0 Å². The fourth-order valence-electron chi connectivity index (χ4n) is 4.27. The van der Waals surface area contributed by atoms with E-state index in [1.165, 1.54) is 17.5 Å². The van der Waals surface area contributed by atoms with Crippen molar-refractivity contribution >= 4 is 30.1 Å². The summed E-state index contributed by atoms with van der Waals surface area (Å²) in [5.74, 6) is -0.278. The van der Waals surface area contributed by atoms with Crippen LogP contribution >= 0.6 is 0 Å². The van der Waals surface area contributed by atoms with Crippen LogP contribution < -0.4 is 0 Å². The summed E-state index contributed by atoms with van der Waals surface area (Å²) in [6, 6.07) is 43.7. The Kier molecular flexibility index (Phi) is 12.4. The van der Waals surface area contributed by atoms with E-state index in [4.69, 9.17) is 0 Å². The van der Waals surface area contributed by atoms with E-state index < -0.39 is 0 Å². The van der Waals surface area contributed by atoms with Gasteiger partial charge >= 0.3 is 0 Å². The van der Waals surface area contributed by atoms with Gasteiger partial charge < -0.3 is 21.0 Å². The van der Waals surface area contributed by atoms with Crippen LogP contribution in [0.5, 0.6) is 0 Å². The normalized spacial score (nSPS) is 9.93. The molecule has 0 aliphatic rings. The number of nitrogens with zero attached hydrogens (tertiary/aromatic N) is 3. The second-order valence-electron chi connectivity index (χ2n) is 8.75. The molecule has 201 valence electrons. The van der Waals surface area contributed by atoms with E-state index in [0.717, 1.165) is 49.9 Å². The summed E-state index contributed by atoms with van der Waals surface area (Å²) in [7, 11) is 0. The molecule has 7 heteroatoms. The second-order valence-corrected chi connectivity index (χ2v) is 8.75. The van der Waals surface area contributed by atoms with Gasteiger partial charge in [0.05, 0.1) is 0 Å². The predicted molar refractivity (Wildman–Crippen MR) is 159 cm³/mol. The molecule has 42 heavy (non-hydrogen) atoms. The van der Waals surface area contributed by atoms with Gasteiger partial charge in [-0.3, -0.25) is 27.7 Å². The number of pyridine rings is 3. The number of hydrogen-bond donors (Lipinski definition) is 0. The summed E-state index contributed by atoms with van der Waals surface area (Å²) in [6.45, 7) is 0. The van der Waals surface area contributed by atoms with Gasteiger partial charge in [0.15, 0.2) is 0 Å². The van der Waals surface area contributed by atoms with Crippen molar-refractivity contribution in [3.05, 3.63) is 152 Å². The largest absolute Gasteiger partial charge is 0.352 e. The van der Waals surface area contributed by atoms with Crippen LogP contribution in [-0.4, -0.2) is 23.4 Å². The van der Waals surface area contributed by atoms with Crippen molar-refractivity contribution < 1.29 is 57.2 Å².